The number of hydrogen-bond acceptors (Lipinski definition) is 6. The van der Waals surface area contributed by atoms with Crippen molar-refractivity contribution in [2.24, 2.45) is 40.6 Å². The number of benzene rings is 1. The molecule has 0 radical (unpaired) electrons. The molecule has 0 spiro atoms. The Labute approximate surface area is 161 Å². The third-order valence-corrected chi connectivity index (χ3v) is 6.69. The van der Waals surface area contributed by atoms with E-state index in [1.807, 2.05) is 0 Å². The number of nitro groups is 1. The molecule has 5 aliphatic rings. The predicted molar refractivity (Wildman–Crippen MR) is 96.6 cm³/mol. The van der Waals surface area contributed by atoms with Crippen molar-refractivity contribution in [1.82, 2.24) is 5.01 Å². The molecule has 6 atom stereocenters. The highest BCUT2D eigenvalue weighted by molar-refractivity contribution is 9.10. The minimum atomic E-state index is -0.714. The van der Waals surface area contributed by atoms with Crippen LogP contribution in [0.1, 0.15) is 12.0 Å². The molecule has 2 bridgehead atoms. The van der Waals surface area contributed by atoms with E-state index in [4.69, 9.17) is 0 Å². The van der Waals surface area contributed by atoms with Crippen molar-refractivity contribution in [2.45, 2.75) is 6.42 Å². The zero-order valence-electron chi connectivity index (χ0n) is 13.9. The van der Waals surface area contributed by atoms with Gasteiger partial charge in [0, 0.05) is 16.1 Å². The number of amides is 2. The first-order valence-corrected chi connectivity index (χ1v) is 9.45. The number of phenols is 1. The predicted octanol–water partition coefficient (Wildman–Crippen LogP) is 2.45. The maximum atomic E-state index is 12.8. The molecule has 3 fully saturated rings. The third kappa shape index (κ3) is 2.24. The average Bonchev–Trinajstić information content (AvgIpc) is 3.41. The van der Waals surface area contributed by atoms with E-state index in [0.717, 1.165) is 17.6 Å². The van der Waals surface area contributed by atoms with Crippen LogP contribution in [0.4, 0.5) is 5.69 Å². The first-order chi connectivity index (χ1) is 12.9. The number of phenolic OH excluding ortho intramolecular Hbond substituents is 1. The van der Waals surface area contributed by atoms with Crippen LogP contribution >= 0.6 is 15.9 Å². The lowest BCUT2D eigenvalue weighted by Crippen LogP contribution is -2.40. The van der Waals surface area contributed by atoms with E-state index >= 15 is 0 Å². The van der Waals surface area contributed by atoms with Gasteiger partial charge in [0.15, 0.2) is 0 Å². The minimum Gasteiger partial charge on any atom is -0.502 e. The molecule has 0 unspecified atom stereocenters. The van der Waals surface area contributed by atoms with Crippen LogP contribution in [-0.2, 0) is 9.59 Å². The molecular weight excluding hydrogens is 418 g/mol. The van der Waals surface area contributed by atoms with Gasteiger partial charge in [0.05, 0.1) is 23.0 Å². The smallest absolute Gasteiger partial charge is 0.312 e. The molecule has 2 amide bonds. The van der Waals surface area contributed by atoms with Crippen molar-refractivity contribution >= 4 is 39.6 Å². The Balaban J connectivity index is 1.47. The molecule has 1 aliphatic heterocycles. The van der Waals surface area contributed by atoms with Crippen molar-refractivity contribution in [3.05, 3.63) is 44.4 Å². The van der Waals surface area contributed by atoms with Gasteiger partial charge in [-0.05, 0) is 36.2 Å². The number of carbonyl (C=O) groups excluding carboxylic acids is 2. The highest BCUT2D eigenvalue weighted by atomic mass is 79.9. The number of rotatable bonds is 3. The van der Waals surface area contributed by atoms with E-state index in [1.54, 1.807) is 0 Å². The fraction of sp³-hybridized carbons (Fsp3) is 0.389. The summed E-state index contributed by atoms with van der Waals surface area (Å²) < 4.78 is 0.378. The number of nitro benzene ring substituents is 1. The minimum absolute atomic E-state index is 0.0514. The number of hydrogen-bond donors (Lipinski definition) is 1. The summed E-state index contributed by atoms with van der Waals surface area (Å²) in [5.41, 5.74) is -0.434. The highest BCUT2D eigenvalue weighted by Gasteiger charge is 2.67. The number of hydrazone groups is 1. The van der Waals surface area contributed by atoms with Crippen molar-refractivity contribution in [1.29, 1.82) is 0 Å². The SMILES string of the molecule is O=C1[C@@H]2[C@H]3C=C[C@@H]([C@@H]4C[C@H]34)[C@@H]2C(=O)N1N=Cc1cc(Br)cc([N+](=O)[O-])c1O. The lowest BCUT2D eigenvalue weighted by atomic mass is 9.63. The summed E-state index contributed by atoms with van der Waals surface area (Å²) in [5, 5.41) is 26.0. The molecule has 1 N–H and O–H groups in total. The lowest BCUT2D eigenvalue weighted by molar-refractivity contribution is -0.385. The number of carbonyl (C=O) groups is 2. The lowest BCUT2D eigenvalue weighted by Gasteiger charge is -2.37. The van der Waals surface area contributed by atoms with E-state index in [9.17, 15) is 24.8 Å². The summed E-state index contributed by atoms with van der Waals surface area (Å²) in [7, 11) is 0. The average molecular weight is 432 g/mol. The van der Waals surface area contributed by atoms with Crippen LogP contribution in [0.25, 0.3) is 0 Å². The second kappa shape index (κ2) is 5.48. The van der Waals surface area contributed by atoms with E-state index in [2.05, 4.69) is 33.2 Å². The number of halogens is 1. The summed E-state index contributed by atoms with van der Waals surface area (Å²) in [6.07, 6.45) is 6.34. The molecule has 8 nitrogen and oxygen atoms in total. The molecular formula is C18H14BrN3O5. The fourth-order valence-corrected chi connectivity index (χ4v) is 5.48. The molecule has 6 rings (SSSR count). The van der Waals surface area contributed by atoms with Crippen molar-refractivity contribution in [3.8, 4) is 5.75 Å². The molecule has 1 aromatic rings. The Morgan fingerprint density at radius 2 is 1.78 bits per heavy atom. The summed E-state index contributed by atoms with van der Waals surface area (Å²) >= 11 is 3.14. The molecule has 2 saturated carbocycles. The van der Waals surface area contributed by atoms with E-state index in [-0.39, 0.29) is 41.0 Å². The molecule has 4 aliphatic carbocycles. The van der Waals surface area contributed by atoms with Crippen LogP contribution in [0.5, 0.6) is 5.75 Å². The molecule has 0 aromatic heterocycles. The second-order valence-corrected chi connectivity index (χ2v) is 8.42. The Morgan fingerprint density at radius 3 is 2.33 bits per heavy atom. The summed E-state index contributed by atoms with van der Waals surface area (Å²) in [6.45, 7) is 0. The van der Waals surface area contributed by atoms with E-state index in [0.29, 0.717) is 16.3 Å². The van der Waals surface area contributed by atoms with Crippen LogP contribution in [0.3, 0.4) is 0 Å². The van der Waals surface area contributed by atoms with Gasteiger partial charge < -0.3 is 5.11 Å². The van der Waals surface area contributed by atoms with Crippen molar-refractivity contribution in [3.63, 3.8) is 0 Å². The fourth-order valence-electron chi connectivity index (χ4n) is 5.02. The zero-order valence-corrected chi connectivity index (χ0v) is 15.4. The monoisotopic (exact) mass is 431 g/mol. The van der Waals surface area contributed by atoms with Gasteiger partial charge in [-0.2, -0.15) is 10.1 Å². The van der Waals surface area contributed by atoms with Crippen LogP contribution < -0.4 is 0 Å². The first kappa shape index (κ1) is 16.6. The highest BCUT2D eigenvalue weighted by Crippen LogP contribution is 2.65. The van der Waals surface area contributed by atoms with Crippen LogP contribution in [0.2, 0.25) is 0 Å². The largest absolute Gasteiger partial charge is 0.502 e. The normalized spacial score (nSPS) is 35.7. The summed E-state index contributed by atoms with van der Waals surface area (Å²) in [6, 6.07) is 2.60. The number of nitrogens with zero attached hydrogens (tertiary/aromatic N) is 3. The van der Waals surface area contributed by atoms with E-state index in [1.165, 1.54) is 12.1 Å². The molecule has 27 heavy (non-hydrogen) atoms. The Hall–Kier alpha value is -2.55. The van der Waals surface area contributed by atoms with Gasteiger partial charge in [-0.15, -0.1) is 0 Å². The number of allylic oxidation sites excluding steroid dienone is 2. The van der Waals surface area contributed by atoms with Gasteiger partial charge in [-0.3, -0.25) is 19.7 Å². The quantitative estimate of drug-likeness (QED) is 0.259. The molecule has 1 saturated heterocycles. The van der Waals surface area contributed by atoms with E-state index < -0.39 is 16.4 Å². The van der Waals surface area contributed by atoms with Gasteiger partial charge in [0.1, 0.15) is 0 Å². The third-order valence-electron chi connectivity index (χ3n) is 6.23. The van der Waals surface area contributed by atoms with Crippen molar-refractivity contribution < 1.29 is 19.6 Å². The van der Waals surface area contributed by atoms with Crippen LogP contribution in [0, 0.1) is 45.6 Å². The van der Waals surface area contributed by atoms with Gasteiger partial charge in [0.25, 0.3) is 11.8 Å². The standard InChI is InChI=1S/C18H14BrN3O5/c19-8-3-7(16(23)13(4-8)22(26)27)6-20-21-17(24)14-9-1-2-10(12-5-11(9)12)15(14)18(21)25/h1-4,6,9-12,14-15,23H,5H2/t9-,10-,11-,12+,14-,15+/m0/s1. The Bertz CT molecular complexity index is 938. The van der Waals surface area contributed by atoms with Gasteiger partial charge in [0.2, 0.25) is 5.75 Å². The Morgan fingerprint density at radius 1 is 1.19 bits per heavy atom. The van der Waals surface area contributed by atoms with Gasteiger partial charge in [-0.25, -0.2) is 0 Å². The number of imide groups is 1. The van der Waals surface area contributed by atoms with Crippen LogP contribution in [-0.4, -0.2) is 33.1 Å². The van der Waals surface area contributed by atoms with Gasteiger partial charge in [-0.1, -0.05) is 28.1 Å². The number of aromatic hydroxyl groups is 1. The molecule has 1 heterocycles. The first-order valence-electron chi connectivity index (χ1n) is 8.65. The maximum Gasteiger partial charge on any atom is 0.312 e. The maximum absolute atomic E-state index is 12.8. The van der Waals surface area contributed by atoms with Crippen molar-refractivity contribution in [2.75, 3.05) is 0 Å². The molecule has 9 heteroatoms. The van der Waals surface area contributed by atoms with Crippen LogP contribution in [0.15, 0.2) is 33.9 Å². The van der Waals surface area contributed by atoms with Gasteiger partial charge >= 0.3 is 5.69 Å². The zero-order chi connectivity index (χ0) is 19.0. The second-order valence-electron chi connectivity index (χ2n) is 7.51. The molecule has 1 aromatic carbocycles. The molecule has 138 valence electrons. The summed E-state index contributed by atoms with van der Waals surface area (Å²) in [4.78, 5) is 36.0. The Kier molecular flexibility index (Phi) is 3.37. The summed E-state index contributed by atoms with van der Waals surface area (Å²) in [5.74, 6) is -0.740. The topological polar surface area (TPSA) is 113 Å².